The molecule has 0 aromatic rings. The Morgan fingerprint density at radius 3 is 1.34 bits per heavy atom. The summed E-state index contributed by atoms with van der Waals surface area (Å²) in [5.41, 5.74) is 0. The molecule has 318 valence electrons. The van der Waals surface area contributed by atoms with E-state index in [1.165, 1.54) is 38.5 Å². The fourth-order valence-electron chi connectivity index (χ4n) is 5.82. The predicted octanol–water partition coefficient (Wildman–Crippen LogP) is 14.5. The summed E-state index contributed by atoms with van der Waals surface area (Å²) in [5.74, 6) is -1.03. The van der Waals surface area contributed by atoms with Gasteiger partial charge in [0.25, 0.3) is 0 Å². The molecule has 0 aromatic carbocycles. The van der Waals surface area contributed by atoms with Gasteiger partial charge in [-0.3, -0.25) is 14.4 Å². The molecule has 0 aromatic heterocycles. The Labute approximate surface area is 344 Å². The summed E-state index contributed by atoms with van der Waals surface area (Å²) in [6.45, 7) is 6.28. The number of hydrogen-bond donors (Lipinski definition) is 0. The Balaban J connectivity index is 4.52. The summed E-state index contributed by atoms with van der Waals surface area (Å²) >= 11 is 0. The Hall–Kier alpha value is -3.41. The van der Waals surface area contributed by atoms with Gasteiger partial charge in [0, 0.05) is 19.3 Å². The van der Waals surface area contributed by atoms with Gasteiger partial charge in [-0.25, -0.2) is 0 Å². The van der Waals surface area contributed by atoms with Crippen LogP contribution in [0.15, 0.2) is 85.1 Å². The first kappa shape index (κ1) is 52.6. The van der Waals surface area contributed by atoms with E-state index in [2.05, 4.69) is 93.7 Å². The van der Waals surface area contributed by atoms with Crippen LogP contribution in [0.5, 0.6) is 0 Å². The normalized spacial score (nSPS) is 12.8. The highest BCUT2D eigenvalue weighted by atomic mass is 16.6. The molecule has 6 nitrogen and oxygen atoms in total. The van der Waals surface area contributed by atoms with Crippen LogP contribution in [0.25, 0.3) is 0 Å². The average molecular weight is 779 g/mol. The molecule has 0 aliphatic heterocycles. The summed E-state index contributed by atoms with van der Waals surface area (Å²) < 4.78 is 16.6. The third kappa shape index (κ3) is 41.7. The van der Waals surface area contributed by atoms with E-state index in [0.717, 1.165) is 109 Å². The van der Waals surface area contributed by atoms with E-state index in [0.29, 0.717) is 19.3 Å². The summed E-state index contributed by atoms with van der Waals surface area (Å²) in [6.07, 6.45) is 55.8. The van der Waals surface area contributed by atoms with Gasteiger partial charge in [-0.2, -0.15) is 0 Å². The fourth-order valence-corrected chi connectivity index (χ4v) is 5.82. The molecule has 1 unspecified atom stereocenters. The molecule has 0 amide bonds. The van der Waals surface area contributed by atoms with Crippen molar-refractivity contribution in [3.05, 3.63) is 85.1 Å². The lowest BCUT2D eigenvalue weighted by molar-refractivity contribution is -0.166. The summed E-state index contributed by atoms with van der Waals surface area (Å²) in [6, 6.07) is 0. The minimum absolute atomic E-state index is 0.115. The van der Waals surface area contributed by atoms with Gasteiger partial charge in [0.15, 0.2) is 6.10 Å². The Morgan fingerprint density at radius 1 is 0.393 bits per heavy atom. The van der Waals surface area contributed by atoms with Gasteiger partial charge in [0.2, 0.25) is 0 Å². The van der Waals surface area contributed by atoms with Crippen molar-refractivity contribution in [2.24, 2.45) is 0 Å². The molecule has 1 atom stereocenters. The zero-order valence-corrected chi connectivity index (χ0v) is 36.1. The highest BCUT2D eigenvalue weighted by Crippen LogP contribution is 2.12. The van der Waals surface area contributed by atoms with Gasteiger partial charge in [-0.05, 0) is 83.5 Å². The van der Waals surface area contributed by atoms with Gasteiger partial charge < -0.3 is 14.2 Å². The van der Waals surface area contributed by atoms with E-state index in [9.17, 15) is 14.4 Å². The Kier molecular flexibility index (Phi) is 41.6. The number of carbonyl (C=O) groups is 3. The van der Waals surface area contributed by atoms with Crippen LogP contribution in [0.3, 0.4) is 0 Å². The second-order valence-electron chi connectivity index (χ2n) is 14.6. The summed E-state index contributed by atoms with van der Waals surface area (Å²) in [7, 11) is 0. The van der Waals surface area contributed by atoms with Gasteiger partial charge in [0.05, 0.1) is 0 Å². The molecule has 0 aliphatic rings. The molecular formula is C50H82O6. The van der Waals surface area contributed by atoms with Crippen LogP contribution in [0.4, 0.5) is 0 Å². The van der Waals surface area contributed by atoms with Crippen LogP contribution in [-0.4, -0.2) is 37.2 Å². The Morgan fingerprint density at radius 2 is 0.821 bits per heavy atom. The molecule has 56 heavy (non-hydrogen) atoms. The molecule has 0 radical (unpaired) electrons. The highest BCUT2D eigenvalue weighted by Gasteiger charge is 2.19. The highest BCUT2D eigenvalue weighted by molar-refractivity contribution is 5.71. The maximum Gasteiger partial charge on any atom is 0.306 e. The van der Waals surface area contributed by atoms with E-state index in [1.807, 2.05) is 12.2 Å². The molecule has 0 heterocycles. The van der Waals surface area contributed by atoms with Crippen molar-refractivity contribution >= 4 is 17.9 Å². The average Bonchev–Trinajstić information content (AvgIpc) is 3.19. The van der Waals surface area contributed by atoms with Crippen LogP contribution < -0.4 is 0 Å². The van der Waals surface area contributed by atoms with Crippen molar-refractivity contribution in [1.82, 2.24) is 0 Å². The largest absolute Gasteiger partial charge is 0.462 e. The van der Waals surface area contributed by atoms with Crippen LogP contribution in [0, 0.1) is 0 Å². The first-order valence-electron chi connectivity index (χ1n) is 22.6. The minimum atomic E-state index is -0.819. The van der Waals surface area contributed by atoms with Crippen LogP contribution >= 0.6 is 0 Å². The molecular weight excluding hydrogens is 697 g/mol. The number of hydrogen-bond acceptors (Lipinski definition) is 6. The second kappa shape index (κ2) is 44.3. The molecule has 0 saturated carbocycles. The van der Waals surface area contributed by atoms with Crippen molar-refractivity contribution in [3.8, 4) is 0 Å². The number of ether oxygens (including phenoxy) is 3. The SMILES string of the molecule is CC\C=C/C=C\C=C/CCCCCCCC(=O)OCC(COC(=O)CCCCCCC/C=C\C/C=C\CC)OC(=O)CC/C=C\C/C=C\CCCCCCCC. The lowest BCUT2D eigenvalue weighted by Crippen LogP contribution is -2.30. The van der Waals surface area contributed by atoms with Crippen LogP contribution in [0.2, 0.25) is 0 Å². The number of esters is 3. The van der Waals surface area contributed by atoms with E-state index >= 15 is 0 Å². The zero-order chi connectivity index (χ0) is 40.8. The number of unbranched alkanes of at least 4 members (excludes halogenated alkanes) is 16. The van der Waals surface area contributed by atoms with Crippen molar-refractivity contribution in [1.29, 1.82) is 0 Å². The molecule has 0 spiro atoms. The smallest absolute Gasteiger partial charge is 0.306 e. The number of rotatable bonds is 39. The Bertz CT molecular complexity index is 1120. The maximum absolute atomic E-state index is 12.7. The summed E-state index contributed by atoms with van der Waals surface area (Å²) in [5, 5.41) is 0. The monoisotopic (exact) mass is 779 g/mol. The quantitative estimate of drug-likeness (QED) is 0.0203. The predicted molar refractivity (Wildman–Crippen MR) is 237 cm³/mol. The third-order valence-corrected chi connectivity index (χ3v) is 9.19. The van der Waals surface area contributed by atoms with Crippen molar-refractivity contribution in [2.45, 2.75) is 200 Å². The second-order valence-corrected chi connectivity index (χ2v) is 14.6. The van der Waals surface area contributed by atoms with Gasteiger partial charge in [0.1, 0.15) is 13.2 Å². The molecule has 0 saturated heterocycles. The molecule has 6 heteroatoms. The van der Waals surface area contributed by atoms with E-state index in [-0.39, 0.29) is 31.6 Å². The topological polar surface area (TPSA) is 78.9 Å². The molecule has 0 bridgehead atoms. The molecule has 0 rings (SSSR count). The van der Waals surface area contributed by atoms with Gasteiger partial charge >= 0.3 is 17.9 Å². The van der Waals surface area contributed by atoms with Crippen molar-refractivity contribution in [3.63, 3.8) is 0 Å². The van der Waals surface area contributed by atoms with Gasteiger partial charge in [-0.15, -0.1) is 0 Å². The molecule has 0 aliphatic carbocycles. The lowest BCUT2D eigenvalue weighted by atomic mass is 10.1. The molecule has 0 fully saturated rings. The third-order valence-electron chi connectivity index (χ3n) is 9.19. The van der Waals surface area contributed by atoms with Crippen molar-refractivity contribution in [2.75, 3.05) is 13.2 Å². The standard InChI is InChI=1S/C50H82O6/c1-4-7-10-13-16-19-22-25-28-31-34-37-40-43-49(52)55-46-47(45-54-48(51)42-39-36-33-30-27-24-21-18-15-12-9-6-3)56-50(53)44-41-38-35-32-29-26-23-20-17-14-11-8-5-2/h7,9-10,12-13,16,18-19,21-22,26,29,35,38,47H,4-6,8,11,14-15,17,20,23-25,27-28,30-34,36-37,39-46H2,1-3H3/b10-7-,12-9-,16-13-,21-18-,22-19-,29-26-,38-35-. The van der Waals surface area contributed by atoms with Crippen LogP contribution in [-0.2, 0) is 28.6 Å². The lowest BCUT2D eigenvalue weighted by Gasteiger charge is -2.18. The van der Waals surface area contributed by atoms with Crippen LogP contribution in [0.1, 0.15) is 194 Å². The van der Waals surface area contributed by atoms with E-state index < -0.39 is 12.1 Å². The maximum atomic E-state index is 12.7. The van der Waals surface area contributed by atoms with E-state index in [1.54, 1.807) is 0 Å². The van der Waals surface area contributed by atoms with Crippen molar-refractivity contribution < 1.29 is 28.6 Å². The first-order valence-corrected chi connectivity index (χ1v) is 22.6. The van der Waals surface area contributed by atoms with E-state index in [4.69, 9.17) is 14.2 Å². The fraction of sp³-hybridized carbons (Fsp3) is 0.660. The minimum Gasteiger partial charge on any atom is -0.462 e. The van der Waals surface area contributed by atoms with Gasteiger partial charge in [-0.1, -0.05) is 176 Å². The molecule has 0 N–H and O–H groups in total. The summed E-state index contributed by atoms with van der Waals surface area (Å²) in [4.78, 5) is 37.7. The number of carbonyl (C=O) groups excluding carboxylic acids is 3. The first-order chi connectivity index (χ1) is 27.5. The number of allylic oxidation sites excluding steroid dienone is 14. The zero-order valence-electron chi connectivity index (χ0n) is 36.1.